The molecule has 0 spiro atoms. The molecule has 0 radical (unpaired) electrons. The quantitative estimate of drug-likeness (QED) is 0.465. The fourth-order valence-electron chi connectivity index (χ4n) is 2.90. The first-order valence-corrected chi connectivity index (χ1v) is 8.35. The number of carboxylic acid groups (broad SMARTS) is 1. The standard InChI is InChI=1S/C15H24N4O4.CH2O2/c1-16-14(21)7-10-3-4-11(19(10)2)9-17-13(20)6-5-12-8-15(22)18-23-12;2-1-3/h8,10-11H,3-7,9H2,1-2H3,(H,16,21)(H,17,20)(H,18,22);1H,(H,2,3)/t10-,11+;/m1./s1. The third-order valence-electron chi connectivity index (χ3n) is 4.39. The van der Waals surface area contributed by atoms with Gasteiger partial charge < -0.3 is 20.3 Å². The summed E-state index contributed by atoms with van der Waals surface area (Å²) in [6.07, 6.45) is 3.08. The van der Waals surface area contributed by atoms with Crippen molar-refractivity contribution in [2.75, 3.05) is 20.6 Å². The van der Waals surface area contributed by atoms with Gasteiger partial charge in [0.2, 0.25) is 11.8 Å². The Morgan fingerprint density at radius 2 is 2.04 bits per heavy atom. The second kappa shape index (κ2) is 11.1. The lowest BCUT2D eigenvalue weighted by atomic mass is 10.1. The number of aryl methyl sites for hydroxylation is 1. The van der Waals surface area contributed by atoms with Gasteiger partial charge in [-0.1, -0.05) is 0 Å². The van der Waals surface area contributed by atoms with Crippen LogP contribution in [0.4, 0.5) is 0 Å². The first-order chi connectivity index (χ1) is 12.4. The topological polar surface area (TPSA) is 145 Å². The molecule has 10 nitrogen and oxygen atoms in total. The molecule has 1 aromatic heterocycles. The Labute approximate surface area is 150 Å². The van der Waals surface area contributed by atoms with Gasteiger partial charge in [-0.3, -0.25) is 24.1 Å². The number of aromatic amines is 1. The average Bonchev–Trinajstić information content (AvgIpc) is 3.18. The molecule has 0 aromatic carbocycles. The molecule has 1 aliphatic rings. The first-order valence-electron chi connectivity index (χ1n) is 8.35. The van der Waals surface area contributed by atoms with Crippen molar-refractivity contribution in [1.82, 2.24) is 20.7 Å². The predicted octanol–water partition coefficient (Wildman–Crippen LogP) is -0.684. The van der Waals surface area contributed by atoms with Crippen LogP contribution in [0.1, 0.15) is 31.4 Å². The second-order valence-corrected chi connectivity index (χ2v) is 6.02. The minimum Gasteiger partial charge on any atom is -0.483 e. The van der Waals surface area contributed by atoms with Gasteiger partial charge in [-0.2, -0.15) is 5.16 Å². The van der Waals surface area contributed by atoms with E-state index in [2.05, 4.69) is 20.7 Å². The normalized spacial score (nSPS) is 19.3. The van der Waals surface area contributed by atoms with Crippen LogP contribution in [-0.2, 0) is 20.8 Å². The fourth-order valence-corrected chi connectivity index (χ4v) is 2.90. The average molecular weight is 370 g/mol. The monoisotopic (exact) mass is 370 g/mol. The summed E-state index contributed by atoms with van der Waals surface area (Å²) in [4.78, 5) is 44.8. The summed E-state index contributed by atoms with van der Waals surface area (Å²) in [7, 11) is 3.63. The van der Waals surface area contributed by atoms with Gasteiger partial charge >= 0.3 is 0 Å². The van der Waals surface area contributed by atoms with Crippen LogP contribution in [0.3, 0.4) is 0 Å². The van der Waals surface area contributed by atoms with E-state index in [1.165, 1.54) is 6.07 Å². The summed E-state index contributed by atoms with van der Waals surface area (Å²) >= 11 is 0. The molecule has 0 bridgehead atoms. The number of likely N-dealkylation sites (tertiary alicyclic amines) is 1. The van der Waals surface area contributed by atoms with Gasteiger partial charge in [0.15, 0.2) is 0 Å². The van der Waals surface area contributed by atoms with Crippen molar-refractivity contribution in [3.63, 3.8) is 0 Å². The lowest BCUT2D eigenvalue weighted by molar-refractivity contribution is -0.123. The molecular weight excluding hydrogens is 344 g/mol. The summed E-state index contributed by atoms with van der Waals surface area (Å²) in [5, 5.41) is 14.6. The van der Waals surface area contributed by atoms with E-state index >= 15 is 0 Å². The third kappa shape index (κ3) is 7.09. The van der Waals surface area contributed by atoms with Gasteiger partial charge in [-0.25, -0.2) is 0 Å². The van der Waals surface area contributed by atoms with Crippen molar-refractivity contribution in [2.45, 2.75) is 44.2 Å². The lowest BCUT2D eigenvalue weighted by Gasteiger charge is -2.25. The van der Waals surface area contributed by atoms with Crippen LogP contribution in [0.5, 0.6) is 0 Å². The maximum absolute atomic E-state index is 11.9. The molecule has 1 fully saturated rings. The maximum atomic E-state index is 11.9. The highest BCUT2D eigenvalue weighted by Crippen LogP contribution is 2.24. The number of likely N-dealkylation sites (N-methyl/N-ethyl adjacent to an activating group) is 1. The molecule has 1 saturated heterocycles. The predicted molar refractivity (Wildman–Crippen MR) is 92.6 cm³/mol. The zero-order chi connectivity index (χ0) is 19.5. The molecule has 146 valence electrons. The molecule has 2 atom stereocenters. The highest BCUT2D eigenvalue weighted by molar-refractivity contribution is 5.76. The van der Waals surface area contributed by atoms with Crippen molar-refractivity contribution >= 4 is 18.3 Å². The van der Waals surface area contributed by atoms with Crippen LogP contribution in [0.25, 0.3) is 0 Å². The third-order valence-corrected chi connectivity index (χ3v) is 4.39. The number of aromatic nitrogens is 1. The highest BCUT2D eigenvalue weighted by atomic mass is 16.5. The Balaban J connectivity index is 0.00000105. The van der Waals surface area contributed by atoms with Crippen LogP contribution in [0, 0.1) is 0 Å². The number of nitrogens with zero attached hydrogens (tertiary/aromatic N) is 1. The van der Waals surface area contributed by atoms with Crippen molar-refractivity contribution in [3.8, 4) is 0 Å². The first kappa shape index (κ1) is 21.4. The van der Waals surface area contributed by atoms with E-state index in [-0.39, 0.29) is 42.4 Å². The van der Waals surface area contributed by atoms with Crippen LogP contribution in [-0.4, -0.2) is 66.2 Å². The molecule has 1 aliphatic heterocycles. The largest absolute Gasteiger partial charge is 0.483 e. The Bertz CT molecular complexity index is 641. The molecule has 2 amide bonds. The molecule has 0 aliphatic carbocycles. The molecule has 2 heterocycles. The van der Waals surface area contributed by atoms with Gasteiger partial charge in [0.25, 0.3) is 12.0 Å². The van der Waals surface area contributed by atoms with E-state index in [0.29, 0.717) is 25.1 Å². The molecule has 10 heteroatoms. The van der Waals surface area contributed by atoms with Crippen LogP contribution >= 0.6 is 0 Å². The number of rotatable bonds is 7. The summed E-state index contributed by atoms with van der Waals surface area (Å²) in [6, 6.07) is 1.83. The number of carbonyl (C=O) groups is 3. The summed E-state index contributed by atoms with van der Waals surface area (Å²) in [6.45, 7) is 0.316. The number of hydrogen-bond donors (Lipinski definition) is 4. The number of amides is 2. The Morgan fingerprint density at radius 1 is 1.38 bits per heavy atom. The van der Waals surface area contributed by atoms with Gasteiger partial charge in [0, 0.05) is 51.0 Å². The van der Waals surface area contributed by atoms with E-state index in [9.17, 15) is 14.4 Å². The van der Waals surface area contributed by atoms with E-state index in [1.54, 1.807) is 7.05 Å². The van der Waals surface area contributed by atoms with Gasteiger partial charge in [0.05, 0.1) is 0 Å². The number of carbonyl (C=O) groups excluding carboxylic acids is 2. The van der Waals surface area contributed by atoms with E-state index < -0.39 is 0 Å². The minimum atomic E-state index is -0.296. The molecule has 4 N–H and O–H groups in total. The Morgan fingerprint density at radius 3 is 2.62 bits per heavy atom. The van der Waals surface area contributed by atoms with Crippen molar-refractivity contribution in [1.29, 1.82) is 0 Å². The minimum absolute atomic E-state index is 0.0412. The molecule has 1 aromatic rings. The van der Waals surface area contributed by atoms with E-state index in [1.807, 2.05) is 7.05 Å². The van der Waals surface area contributed by atoms with Gasteiger partial charge in [0.1, 0.15) is 5.76 Å². The molecule has 2 rings (SSSR count). The van der Waals surface area contributed by atoms with Gasteiger partial charge in [-0.05, 0) is 19.9 Å². The van der Waals surface area contributed by atoms with Crippen LogP contribution in [0.2, 0.25) is 0 Å². The van der Waals surface area contributed by atoms with E-state index in [0.717, 1.165) is 12.8 Å². The molecule has 0 saturated carbocycles. The Hall–Kier alpha value is -2.62. The summed E-state index contributed by atoms with van der Waals surface area (Å²) in [5.41, 5.74) is -0.296. The number of nitrogens with one attached hydrogen (secondary N) is 3. The zero-order valence-electron chi connectivity index (χ0n) is 15.0. The molecule has 26 heavy (non-hydrogen) atoms. The van der Waals surface area contributed by atoms with Crippen molar-refractivity contribution in [3.05, 3.63) is 22.2 Å². The Kier molecular flexibility index (Phi) is 9.13. The highest BCUT2D eigenvalue weighted by Gasteiger charge is 2.31. The van der Waals surface area contributed by atoms with Crippen molar-refractivity contribution < 1.29 is 24.0 Å². The smallest absolute Gasteiger partial charge is 0.290 e. The summed E-state index contributed by atoms with van der Waals surface area (Å²) in [5.74, 6) is 0.449. The van der Waals surface area contributed by atoms with Crippen LogP contribution in [0.15, 0.2) is 15.4 Å². The molecular formula is C16H26N4O6. The van der Waals surface area contributed by atoms with Crippen molar-refractivity contribution in [2.24, 2.45) is 0 Å². The lowest BCUT2D eigenvalue weighted by Crippen LogP contribution is -2.42. The maximum Gasteiger partial charge on any atom is 0.290 e. The number of H-pyrrole nitrogens is 1. The fraction of sp³-hybridized carbons (Fsp3) is 0.625. The molecule has 0 unspecified atom stereocenters. The summed E-state index contributed by atoms with van der Waals surface area (Å²) < 4.78 is 4.91. The second-order valence-electron chi connectivity index (χ2n) is 6.02. The van der Waals surface area contributed by atoms with Gasteiger partial charge in [-0.15, -0.1) is 0 Å². The van der Waals surface area contributed by atoms with E-state index in [4.69, 9.17) is 14.4 Å². The zero-order valence-corrected chi connectivity index (χ0v) is 15.0. The SMILES string of the molecule is CNC(=O)C[C@H]1CC[C@@H](CNC(=O)CCc2cc(=O)[nH]o2)N1C.O=CO. The van der Waals surface area contributed by atoms with Crippen LogP contribution < -0.4 is 16.2 Å². The number of hydrogen-bond acceptors (Lipinski definition) is 6.